The number of carbonyl (C=O) groups is 3. The van der Waals surface area contributed by atoms with E-state index in [4.69, 9.17) is 4.74 Å². The second-order valence-electron chi connectivity index (χ2n) is 10.9. The largest absolute Gasteiger partial charge is 0.396 e. The van der Waals surface area contributed by atoms with Gasteiger partial charge in [0.1, 0.15) is 11.6 Å². The zero-order valence-electron chi connectivity index (χ0n) is 23.4. The molecule has 0 saturated carbocycles. The van der Waals surface area contributed by atoms with Crippen LogP contribution in [0.15, 0.2) is 48.6 Å². The highest BCUT2D eigenvalue weighted by atomic mass is 16.5. The van der Waals surface area contributed by atoms with E-state index in [1.807, 2.05) is 55.5 Å². The molecular formula is C30H40N4O5. The third-order valence-corrected chi connectivity index (χ3v) is 8.99. The molecular weight excluding hydrogens is 496 g/mol. The minimum Gasteiger partial charge on any atom is -0.396 e. The average molecular weight is 537 g/mol. The van der Waals surface area contributed by atoms with Gasteiger partial charge >= 0.3 is 0 Å². The van der Waals surface area contributed by atoms with E-state index >= 15 is 0 Å². The highest BCUT2D eigenvalue weighted by Crippen LogP contribution is 2.58. The Labute approximate surface area is 230 Å². The average Bonchev–Trinajstić information content (AvgIpc) is 3.24. The van der Waals surface area contributed by atoms with Crippen molar-refractivity contribution in [3.05, 3.63) is 48.6 Å². The van der Waals surface area contributed by atoms with Crippen LogP contribution in [-0.2, 0) is 19.1 Å². The SMILES string of the molecule is CCN(CC)c1ccc(N2CC=C[C@]34O[C@]5(CC)C=CCN(C)C(=O)[C@@H]5[C@H]3C(=O)N(CCCO)C4C2=O)cc1. The van der Waals surface area contributed by atoms with Crippen LogP contribution >= 0.6 is 0 Å². The van der Waals surface area contributed by atoms with E-state index in [1.165, 1.54) is 0 Å². The summed E-state index contributed by atoms with van der Waals surface area (Å²) >= 11 is 0. The fourth-order valence-corrected chi connectivity index (χ4v) is 7.03. The number of likely N-dealkylation sites (tertiary alicyclic amines) is 1. The molecule has 1 N–H and O–H groups in total. The molecule has 5 atom stereocenters. The number of aliphatic hydroxyl groups excluding tert-OH is 1. The van der Waals surface area contributed by atoms with Gasteiger partial charge in [0.05, 0.1) is 17.4 Å². The van der Waals surface area contributed by atoms with Crippen molar-refractivity contribution in [2.75, 3.05) is 56.2 Å². The van der Waals surface area contributed by atoms with Crippen molar-refractivity contribution >= 4 is 29.1 Å². The highest BCUT2D eigenvalue weighted by molar-refractivity contribution is 6.06. The summed E-state index contributed by atoms with van der Waals surface area (Å²) in [5.74, 6) is -2.21. The lowest BCUT2D eigenvalue weighted by Crippen LogP contribution is -2.56. The molecule has 1 aromatic carbocycles. The highest BCUT2D eigenvalue weighted by Gasteiger charge is 2.75. The topological polar surface area (TPSA) is 93.6 Å². The predicted molar refractivity (Wildman–Crippen MR) is 149 cm³/mol. The summed E-state index contributed by atoms with van der Waals surface area (Å²) in [6, 6.07) is 6.98. The van der Waals surface area contributed by atoms with Crippen LogP contribution in [0.4, 0.5) is 11.4 Å². The Morgan fingerprint density at radius 2 is 1.64 bits per heavy atom. The van der Waals surface area contributed by atoms with E-state index in [1.54, 1.807) is 21.7 Å². The van der Waals surface area contributed by atoms with E-state index in [0.717, 1.165) is 24.5 Å². The van der Waals surface area contributed by atoms with Crippen molar-refractivity contribution in [1.82, 2.24) is 9.80 Å². The Morgan fingerprint density at radius 1 is 0.949 bits per heavy atom. The summed E-state index contributed by atoms with van der Waals surface area (Å²) in [7, 11) is 1.74. The maximum atomic E-state index is 14.5. The second kappa shape index (κ2) is 10.4. The molecule has 2 fully saturated rings. The minimum atomic E-state index is -1.28. The van der Waals surface area contributed by atoms with Gasteiger partial charge in [-0.2, -0.15) is 0 Å². The number of carbonyl (C=O) groups excluding carboxylic acids is 3. The lowest BCUT2D eigenvalue weighted by Gasteiger charge is -2.38. The summed E-state index contributed by atoms with van der Waals surface area (Å²) in [6.45, 7) is 8.81. The van der Waals surface area contributed by atoms with Gasteiger partial charge in [-0.15, -0.1) is 0 Å². The Hall–Kier alpha value is -3.17. The van der Waals surface area contributed by atoms with Crippen LogP contribution in [0.1, 0.15) is 33.6 Å². The first kappa shape index (κ1) is 27.4. The van der Waals surface area contributed by atoms with Crippen molar-refractivity contribution in [2.45, 2.75) is 50.9 Å². The molecule has 210 valence electrons. The molecule has 2 saturated heterocycles. The molecule has 39 heavy (non-hydrogen) atoms. The van der Waals surface area contributed by atoms with Crippen molar-refractivity contribution in [1.29, 1.82) is 0 Å². The molecule has 1 spiro atoms. The van der Waals surface area contributed by atoms with Crippen LogP contribution in [0, 0.1) is 11.8 Å². The number of nitrogens with zero attached hydrogens (tertiary/aromatic N) is 4. The van der Waals surface area contributed by atoms with Gasteiger partial charge in [-0.3, -0.25) is 14.4 Å². The van der Waals surface area contributed by atoms with Crippen LogP contribution in [0.25, 0.3) is 0 Å². The molecule has 5 rings (SSSR count). The molecule has 4 heterocycles. The fourth-order valence-electron chi connectivity index (χ4n) is 7.03. The molecule has 9 heteroatoms. The number of hydrogen-bond acceptors (Lipinski definition) is 6. The summed E-state index contributed by atoms with van der Waals surface area (Å²) in [5, 5.41) is 9.60. The van der Waals surface area contributed by atoms with Gasteiger partial charge in [-0.1, -0.05) is 31.2 Å². The number of likely N-dealkylation sites (N-methyl/N-ethyl adjacent to an activating group) is 1. The first-order valence-corrected chi connectivity index (χ1v) is 14.2. The molecule has 0 radical (unpaired) electrons. The molecule has 0 aliphatic carbocycles. The van der Waals surface area contributed by atoms with Crippen LogP contribution in [0.2, 0.25) is 0 Å². The van der Waals surface area contributed by atoms with Gasteiger partial charge in [-0.25, -0.2) is 0 Å². The predicted octanol–water partition coefficient (Wildman–Crippen LogP) is 2.21. The van der Waals surface area contributed by atoms with Crippen LogP contribution in [-0.4, -0.2) is 96.3 Å². The third kappa shape index (κ3) is 4.09. The van der Waals surface area contributed by atoms with E-state index in [2.05, 4.69) is 18.7 Å². The molecule has 0 bridgehead atoms. The zero-order chi connectivity index (χ0) is 27.9. The monoisotopic (exact) mass is 536 g/mol. The van der Waals surface area contributed by atoms with Crippen molar-refractivity contribution in [3.63, 3.8) is 0 Å². The number of ether oxygens (including phenoxy) is 1. The molecule has 0 aromatic heterocycles. The van der Waals surface area contributed by atoms with E-state index < -0.39 is 29.1 Å². The van der Waals surface area contributed by atoms with Crippen molar-refractivity contribution < 1.29 is 24.2 Å². The number of fused-ring (bicyclic) bond motifs is 2. The maximum absolute atomic E-state index is 14.5. The van der Waals surface area contributed by atoms with Crippen LogP contribution in [0.3, 0.4) is 0 Å². The summed E-state index contributed by atoms with van der Waals surface area (Å²) in [5.41, 5.74) is -0.436. The van der Waals surface area contributed by atoms with Crippen LogP contribution < -0.4 is 9.80 Å². The Balaban J connectivity index is 1.59. The number of aliphatic hydroxyl groups is 1. The smallest absolute Gasteiger partial charge is 0.253 e. The van der Waals surface area contributed by atoms with Crippen molar-refractivity contribution in [2.24, 2.45) is 11.8 Å². The van der Waals surface area contributed by atoms with Gasteiger partial charge in [0.25, 0.3) is 5.91 Å². The molecule has 1 aromatic rings. The normalized spacial score (nSPS) is 31.8. The lowest BCUT2D eigenvalue weighted by molar-refractivity contribution is -0.149. The summed E-state index contributed by atoms with van der Waals surface area (Å²) in [4.78, 5) is 49.5. The number of benzene rings is 1. The molecule has 4 aliphatic rings. The molecule has 9 nitrogen and oxygen atoms in total. The minimum absolute atomic E-state index is 0.109. The maximum Gasteiger partial charge on any atom is 0.253 e. The van der Waals surface area contributed by atoms with Gasteiger partial charge in [0.15, 0.2) is 0 Å². The first-order valence-electron chi connectivity index (χ1n) is 14.2. The molecule has 4 aliphatic heterocycles. The summed E-state index contributed by atoms with van der Waals surface area (Å²) < 4.78 is 6.91. The van der Waals surface area contributed by atoms with E-state index in [0.29, 0.717) is 25.9 Å². The first-order chi connectivity index (χ1) is 18.8. The Kier molecular flexibility index (Phi) is 7.33. The van der Waals surface area contributed by atoms with Crippen LogP contribution in [0.5, 0.6) is 0 Å². The lowest BCUT2D eigenvalue weighted by atomic mass is 9.73. The fraction of sp³-hybridized carbons (Fsp3) is 0.567. The summed E-state index contributed by atoms with van der Waals surface area (Å²) in [6.07, 6.45) is 8.46. The number of anilines is 2. The number of amides is 3. The van der Waals surface area contributed by atoms with E-state index in [-0.39, 0.29) is 30.9 Å². The number of rotatable bonds is 8. The quantitative estimate of drug-likeness (QED) is 0.512. The van der Waals surface area contributed by atoms with Gasteiger partial charge in [-0.05, 0) is 51.0 Å². The standard InChI is InChI=1S/C30H40N4O5/c1-5-29-15-8-17-31(4)26(36)23(29)24-27(37)34(19-10-20-35)25-28(38)33(18-9-16-30(24,25)39-29)22-13-11-21(12-14-22)32(6-2)7-3/h8-9,11-16,23-25,35H,5-7,10,17-20H2,1-4H3/t23-,24-,25?,29+,30-/m0/s1. The number of hydrogen-bond donors (Lipinski definition) is 1. The third-order valence-electron chi connectivity index (χ3n) is 8.99. The molecule has 1 unspecified atom stereocenters. The Bertz CT molecular complexity index is 1180. The van der Waals surface area contributed by atoms with E-state index in [9.17, 15) is 19.5 Å². The molecule has 3 amide bonds. The Morgan fingerprint density at radius 3 is 2.28 bits per heavy atom. The van der Waals surface area contributed by atoms with Gasteiger partial charge in [0.2, 0.25) is 11.8 Å². The van der Waals surface area contributed by atoms with Gasteiger partial charge < -0.3 is 29.4 Å². The van der Waals surface area contributed by atoms with Crippen molar-refractivity contribution in [3.8, 4) is 0 Å². The zero-order valence-corrected chi connectivity index (χ0v) is 23.4. The second-order valence-corrected chi connectivity index (χ2v) is 10.9. The van der Waals surface area contributed by atoms with Gasteiger partial charge in [0, 0.05) is 57.8 Å².